The maximum atomic E-state index is 9.84. The summed E-state index contributed by atoms with van der Waals surface area (Å²) in [7, 11) is 0. The Balaban J connectivity index is 0.959. The van der Waals surface area contributed by atoms with Crippen LogP contribution < -0.4 is 9.47 Å². The van der Waals surface area contributed by atoms with E-state index >= 15 is 0 Å². The second-order valence-electron chi connectivity index (χ2n) is 18.6. The van der Waals surface area contributed by atoms with Gasteiger partial charge < -0.3 is 19.7 Å². The highest BCUT2D eigenvalue weighted by Gasteiger charge is 2.47. The third-order valence-electron chi connectivity index (χ3n) is 14.3. The van der Waals surface area contributed by atoms with Gasteiger partial charge in [0.2, 0.25) is 0 Å². The molecule has 0 aromatic heterocycles. The largest absolute Gasteiger partial charge is 0.491 e. The molecule has 2 N–H and O–H groups in total. The number of aliphatic hydroxyl groups is 2. The quantitative estimate of drug-likeness (QED) is 0.136. The first-order valence-corrected chi connectivity index (χ1v) is 23.6. The smallest absolute Gasteiger partial charge is 0.120 e. The van der Waals surface area contributed by atoms with Crippen LogP contribution in [0.1, 0.15) is 58.4 Å². The van der Waals surface area contributed by atoms with Crippen LogP contribution in [0, 0.1) is 0 Å². The zero-order valence-electron chi connectivity index (χ0n) is 38.1. The summed E-state index contributed by atoms with van der Waals surface area (Å²) in [5.41, 5.74) is 16.2. The molecule has 0 amide bonds. The number of rotatable bonds is 11. The van der Waals surface area contributed by atoms with Crippen molar-refractivity contribution >= 4 is 21.5 Å². The minimum Gasteiger partial charge on any atom is -0.491 e. The van der Waals surface area contributed by atoms with Crippen LogP contribution in [0.3, 0.4) is 0 Å². The maximum Gasteiger partial charge on any atom is 0.120 e. The summed E-state index contributed by atoms with van der Waals surface area (Å²) in [6.07, 6.45) is -1.08. The zero-order chi connectivity index (χ0) is 46.0. The van der Waals surface area contributed by atoms with Gasteiger partial charge in [0.1, 0.15) is 24.7 Å². The molecule has 12 rings (SSSR count). The minimum absolute atomic E-state index is 0.251. The topological polar surface area (TPSA) is 58.9 Å². The van der Waals surface area contributed by atoms with Crippen LogP contribution in [-0.4, -0.2) is 35.6 Å². The first kappa shape index (κ1) is 41.7. The van der Waals surface area contributed by atoms with E-state index in [1.807, 2.05) is 12.1 Å². The van der Waals surface area contributed by atoms with E-state index < -0.39 is 23.0 Å². The van der Waals surface area contributed by atoms with Gasteiger partial charge in [0, 0.05) is 0 Å². The van der Waals surface area contributed by atoms with E-state index in [0.29, 0.717) is 0 Å². The third-order valence-corrected chi connectivity index (χ3v) is 14.3. The maximum absolute atomic E-state index is 9.84. The SMILES string of the molecule is CC(O)COc1ccc2cc(C3(c4ccc(-c5ccc(C6(c7ccc8cc(OCC(C)O)ccc8c7)c7ccccc7-c7ccccc76)cc5)cc4)c4ccccc4-c4ccccc43)ccc2c1. The van der Waals surface area contributed by atoms with Crippen molar-refractivity contribution < 1.29 is 19.7 Å². The second kappa shape index (κ2) is 16.5. The summed E-state index contributed by atoms with van der Waals surface area (Å²) in [5.74, 6) is 1.50. The molecule has 0 fully saturated rings. The average Bonchev–Trinajstić information content (AvgIpc) is 3.86. The van der Waals surface area contributed by atoms with Crippen LogP contribution in [-0.2, 0) is 10.8 Å². The highest BCUT2D eigenvalue weighted by Crippen LogP contribution is 2.58. The van der Waals surface area contributed by atoms with Crippen LogP contribution in [0.15, 0.2) is 218 Å². The molecule has 0 bridgehead atoms. The van der Waals surface area contributed by atoms with Crippen molar-refractivity contribution in [3.05, 3.63) is 263 Å². The van der Waals surface area contributed by atoms with Gasteiger partial charge in [0.05, 0.1) is 23.0 Å². The summed E-state index contributed by atoms with van der Waals surface area (Å²) in [4.78, 5) is 0. The van der Waals surface area contributed by atoms with Crippen LogP contribution in [0.4, 0.5) is 0 Å². The van der Waals surface area contributed by atoms with E-state index in [-0.39, 0.29) is 13.2 Å². The Morgan fingerprint density at radius 1 is 0.338 bits per heavy atom. The molecule has 4 heteroatoms. The normalized spacial score (nSPS) is 14.7. The standard InChI is InChI=1S/C64H50O4/c1-41(65)39-67-53-33-25-45-35-51(31-23-47(45)37-53)63(59-15-7-3-11-55(59)56-12-4-8-16-60(56)63)49-27-19-43(20-28-49)44-21-29-50(30-22-44)64(61-17-9-5-13-57(61)58-14-6-10-18-62(58)64)52-32-24-48-38-54(68-40-42(2)66)34-26-46(48)36-52/h3-38,41-42,65-66H,39-40H2,1-2H3. The molecule has 4 nitrogen and oxygen atoms in total. The second-order valence-corrected chi connectivity index (χ2v) is 18.6. The van der Waals surface area contributed by atoms with Gasteiger partial charge in [-0.1, -0.05) is 182 Å². The van der Waals surface area contributed by atoms with Gasteiger partial charge in [-0.05, 0) is 150 Å². The molecule has 10 aromatic rings. The molecule has 0 saturated carbocycles. The van der Waals surface area contributed by atoms with E-state index in [2.05, 4.69) is 206 Å². The van der Waals surface area contributed by atoms with Crippen molar-refractivity contribution in [3.8, 4) is 44.9 Å². The molecule has 2 unspecified atom stereocenters. The molecule has 0 spiro atoms. The van der Waals surface area contributed by atoms with Crippen molar-refractivity contribution in [2.75, 3.05) is 13.2 Å². The monoisotopic (exact) mass is 882 g/mol. The van der Waals surface area contributed by atoms with Gasteiger partial charge in [0.15, 0.2) is 0 Å². The lowest BCUT2D eigenvalue weighted by Gasteiger charge is -2.34. The highest BCUT2D eigenvalue weighted by atomic mass is 16.5. The molecular formula is C64H50O4. The molecular weight excluding hydrogens is 833 g/mol. The molecule has 10 aromatic carbocycles. The number of hydrogen-bond donors (Lipinski definition) is 2. The van der Waals surface area contributed by atoms with Gasteiger partial charge >= 0.3 is 0 Å². The number of ether oxygens (including phenoxy) is 2. The average molecular weight is 883 g/mol. The molecule has 0 radical (unpaired) electrons. The van der Waals surface area contributed by atoms with E-state index in [1.165, 1.54) is 66.8 Å². The fourth-order valence-electron chi connectivity index (χ4n) is 11.4. The van der Waals surface area contributed by atoms with Crippen LogP contribution in [0.5, 0.6) is 11.5 Å². The predicted molar refractivity (Wildman–Crippen MR) is 276 cm³/mol. The predicted octanol–water partition coefficient (Wildman–Crippen LogP) is 13.9. The first-order chi connectivity index (χ1) is 33.3. The summed E-state index contributed by atoms with van der Waals surface area (Å²) in [6, 6.07) is 80.0. The Kier molecular flexibility index (Phi) is 10.1. The lowest BCUT2D eigenvalue weighted by Crippen LogP contribution is -2.28. The molecule has 0 aliphatic heterocycles. The summed E-state index contributed by atoms with van der Waals surface area (Å²) >= 11 is 0. The molecule has 2 aliphatic carbocycles. The molecule has 330 valence electrons. The number of aliphatic hydroxyl groups excluding tert-OH is 2. The van der Waals surface area contributed by atoms with Gasteiger partial charge in [-0.15, -0.1) is 0 Å². The molecule has 68 heavy (non-hydrogen) atoms. The van der Waals surface area contributed by atoms with E-state index in [0.717, 1.165) is 44.2 Å². The lowest BCUT2D eigenvalue weighted by atomic mass is 9.67. The van der Waals surface area contributed by atoms with E-state index in [9.17, 15) is 10.2 Å². The van der Waals surface area contributed by atoms with Crippen molar-refractivity contribution in [2.45, 2.75) is 36.9 Å². The molecule has 2 aliphatic rings. The lowest BCUT2D eigenvalue weighted by molar-refractivity contribution is 0.122. The Hall–Kier alpha value is -7.76. The number of fused-ring (bicyclic) bond motifs is 8. The summed E-state index contributed by atoms with van der Waals surface area (Å²) < 4.78 is 11.8. The Bertz CT molecular complexity index is 3200. The Morgan fingerprint density at radius 3 is 0.971 bits per heavy atom. The first-order valence-electron chi connectivity index (χ1n) is 23.6. The molecule has 0 saturated heterocycles. The number of benzene rings is 10. The molecule has 2 atom stereocenters. The van der Waals surface area contributed by atoms with Gasteiger partial charge in [-0.3, -0.25) is 0 Å². The molecule has 0 heterocycles. The van der Waals surface area contributed by atoms with Crippen molar-refractivity contribution in [3.63, 3.8) is 0 Å². The number of hydrogen-bond acceptors (Lipinski definition) is 4. The summed E-state index contributed by atoms with van der Waals surface area (Å²) in [5, 5.41) is 24.1. The van der Waals surface area contributed by atoms with Gasteiger partial charge in [-0.2, -0.15) is 0 Å². The fourth-order valence-corrected chi connectivity index (χ4v) is 11.4. The van der Waals surface area contributed by atoms with E-state index in [4.69, 9.17) is 9.47 Å². The van der Waals surface area contributed by atoms with Crippen LogP contribution >= 0.6 is 0 Å². The van der Waals surface area contributed by atoms with Crippen LogP contribution in [0.25, 0.3) is 54.9 Å². The van der Waals surface area contributed by atoms with Gasteiger partial charge in [0.25, 0.3) is 0 Å². The van der Waals surface area contributed by atoms with E-state index in [1.54, 1.807) is 13.8 Å². The van der Waals surface area contributed by atoms with Crippen molar-refractivity contribution in [2.24, 2.45) is 0 Å². The van der Waals surface area contributed by atoms with Crippen LogP contribution in [0.2, 0.25) is 0 Å². The summed E-state index contributed by atoms with van der Waals surface area (Å²) in [6.45, 7) is 3.97. The minimum atomic E-state index is -0.548. The van der Waals surface area contributed by atoms with Crippen molar-refractivity contribution in [1.82, 2.24) is 0 Å². The van der Waals surface area contributed by atoms with Gasteiger partial charge in [-0.25, -0.2) is 0 Å². The van der Waals surface area contributed by atoms with Crippen molar-refractivity contribution in [1.29, 1.82) is 0 Å². The fraction of sp³-hybridized carbons (Fsp3) is 0.125. The third kappa shape index (κ3) is 6.58. The Labute approximate surface area is 397 Å². The zero-order valence-corrected chi connectivity index (χ0v) is 38.1. The Morgan fingerprint density at radius 2 is 0.632 bits per heavy atom. The highest BCUT2D eigenvalue weighted by molar-refractivity contribution is 5.92.